The van der Waals surface area contributed by atoms with E-state index in [0.717, 1.165) is 12.8 Å². The molecule has 1 aliphatic heterocycles. The third-order valence-electron chi connectivity index (χ3n) is 2.05. The van der Waals surface area contributed by atoms with Gasteiger partial charge in [0.1, 0.15) is 0 Å². The molecular weight excluding hydrogens is 168 g/mol. The van der Waals surface area contributed by atoms with Gasteiger partial charge in [0.25, 0.3) is 0 Å². The number of piperidine rings is 1. The highest BCUT2D eigenvalue weighted by atomic mass is 16.3. The molecule has 0 aromatic carbocycles. The Morgan fingerprint density at radius 2 is 2.08 bits per heavy atom. The molecule has 5 nitrogen and oxygen atoms in total. The number of nitrogens with zero attached hydrogens (tertiary/aromatic N) is 3. The van der Waals surface area contributed by atoms with Gasteiger partial charge < -0.3 is 5.73 Å². The Morgan fingerprint density at radius 1 is 1.38 bits per heavy atom. The van der Waals surface area contributed by atoms with E-state index in [1.807, 2.05) is 0 Å². The van der Waals surface area contributed by atoms with Crippen LogP contribution in [0.15, 0.2) is 22.6 Å². The van der Waals surface area contributed by atoms with Gasteiger partial charge in [-0.1, -0.05) is 0 Å². The lowest BCUT2D eigenvalue weighted by Crippen LogP contribution is -2.31. The minimum absolute atomic E-state index is 0.314. The zero-order chi connectivity index (χ0) is 9.52. The van der Waals surface area contributed by atoms with Crippen LogP contribution in [-0.2, 0) is 0 Å². The van der Waals surface area contributed by atoms with Gasteiger partial charge in [-0.05, 0) is 25.1 Å². The molecule has 1 saturated heterocycles. The topological polar surface area (TPSA) is 71.0 Å². The van der Waals surface area contributed by atoms with Crippen LogP contribution in [0.1, 0.15) is 12.8 Å². The number of rotatable bonds is 3. The van der Waals surface area contributed by atoms with Crippen molar-refractivity contribution in [3.8, 4) is 0 Å². The summed E-state index contributed by atoms with van der Waals surface area (Å²) in [5.74, 6) is 0. The molecule has 72 valence electrons. The van der Waals surface area contributed by atoms with Crippen molar-refractivity contribution in [3.05, 3.63) is 17.2 Å². The first kappa shape index (κ1) is 9.70. The zero-order valence-electron chi connectivity index (χ0n) is 7.47. The molecule has 0 saturated carbocycles. The molecule has 0 aromatic rings. The highest BCUT2D eigenvalue weighted by molar-refractivity contribution is 5.70. The molecule has 1 fully saturated rings. The molecule has 1 aliphatic rings. The van der Waals surface area contributed by atoms with Gasteiger partial charge >= 0.3 is 0 Å². The third-order valence-corrected chi connectivity index (χ3v) is 2.05. The maximum Gasteiger partial charge on any atom is 0.0534 e. The highest BCUT2D eigenvalue weighted by Gasteiger charge is 2.16. The lowest BCUT2D eigenvalue weighted by Gasteiger charge is -2.24. The summed E-state index contributed by atoms with van der Waals surface area (Å²) < 4.78 is 0. The first-order chi connectivity index (χ1) is 6.36. The Balaban J connectivity index is 2.28. The third kappa shape index (κ3) is 3.23. The van der Waals surface area contributed by atoms with Gasteiger partial charge in [-0.3, -0.25) is 10.0 Å². The van der Waals surface area contributed by atoms with Crippen molar-refractivity contribution >= 4 is 6.21 Å². The summed E-state index contributed by atoms with van der Waals surface area (Å²) in [6.07, 6.45) is 6.63. The molecule has 1 rings (SSSR count). The average Bonchev–Trinajstić information content (AvgIpc) is 2.19. The summed E-state index contributed by atoms with van der Waals surface area (Å²) in [6.45, 7) is 1.41. The standard InChI is InChI=1S/C8H14N4O/c9-4-1-5-10-8-2-6-12(11-13)7-3-8/h1,4-5,8H,2-3,6-7,9H2. The van der Waals surface area contributed by atoms with Crippen LogP contribution >= 0.6 is 0 Å². The molecule has 0 bridgehead atoms. The molecule has 13 heavy (non-hydrogen) atoms. The van der Waals surface area contributed by atoms with Gasteiger partial charge in [0, 0.05) is 19.3 Å². The molecule has 5 heteroatoms. The Labute approximate surface area is 77.3 Å². The van der Waals surface area contributed by atoms with Crippen LogP contribution < -0.4 is 5.73 Å². The van der Waals surface area contributed by atoms with Gasteiger partial charge in [-0.25, -0.2) is 0 Å². The first-order valence-electron chi connectivity index (χ1n) is 4.35. The van der Waals surface area contributed by atoms with Gasteiger partial charge in [0.15, 0.2) is 0 Å². The second-order valence-corrected chi connectivity index (χ2v) is 2.95. The van der Waals surface area contributed by atoms with Crippen LogP contribution in [0.4, 0.5) is 0 Å². The number of hydrogen-bond donors (Lipinski definition) is 1. The van der Waals surface area contributed by atoms with Crippen molar-refractivity contribution in [2.45, 2.75) is 18.9 Å². The van der Waals surface area contributed by atoms with Gasteiger partial charge in [0.05, 0.1) is 11.3 Å². The Morgan fingerprint density at radius 3 is 2.62 bits per heavy atom. The first-order valence-corrected chi connectivity index (χ1v) is 4.35. The van der Waals surface area contributed by atoms with E-state index >= 15 is 0 Å². The van der Waals surface area contributed by atoms with E-state index in [9.17, 15) is 4.91 Å². The van der Waals surface area contributed by atoms with Crippen molar-refractivity contribution < 1.29 is 0 Å². The second-order valence-electron chi connectivity index (χ2n) is 2.95. The molecule has 0 spiro atoms. The zero-order valence-corrected chi connectivity index (χ0v) is 7.47. The molecule has 0 atom stereocenters. The van der Waals surface area contributed by atoms with Crippen LogP contribution in [0.2, 0.25) is 0 Å². The van der Waals surface area contributed by atoms with Crippen LogP contribution in [-0.4, -0.2) is 30.4 Å². The number of nitroso groups, excluding NO2 is 1. The minimum atomic E-state index is 0.314. The monoisotopic (exact) mass is 182 g/mol. The predicted octanol–water partition coefficient (Wildman–Crippen LogP) is 0.675. The summed E-state index contributed by atoms with van der Waals surface area (Å²) in [7, 11) is 0. The fraction of sp³-hybridized carbons (Fsp3) is 0.625. The van der Waals surface area contributed by atoms with E-state index in [1.54, 1.807) is 12.3 Å². The van der Waals surface area contributed by atoms with Crippen LogP contribution in [0.25, 0.3) is 0 Å². The lowest BCUT2D eigenvalue weighted by molar-refractivity contribution is 0.220. The van der Waals surface area contributed by atoms with Crippen LogP contribution in [0.5, 0.6) is 0 Å². The average molecular weight is 182 g/mol. The summed E-state index contributed by atoms with van der Waals surface area (Å²) in [5.41, 5.74) is 5.15. The normalized spacial score (nSPS) is 20.2. The molecule has 0 amide bonds. The predicted molar refractivity (Wildman–Crippen MR) is 52.2 cm³/mol. The maximum atomic E-state index is 10.1. The number of hydrogen-bond acceptors (Lipinski definition) is 4. The van der Waals surface area contributed by atoms with E-state index in [2.05, 4.69) is 10.3 Å². The van der Waals surface area contributed by atoms with Crippen LogP contribution in [0, 0.1) is 4.91 Å². The molecule has 1 heterocycles. The van der Waals surface area contributed by atoms with Crippen molar-refractivity contribution in [3.63, 3.8) is 0 Å². The van der Waals surface area contributed by atoms with E-state index in [1.165, 1.54) is 11.2 Å². The Bertz CT molecular complexity index is 206. The fourth-order valence-corrected chi connectivity index (χ4v) is 1.30. The fourth-order valence-electron chi connectivity index (χ4n) is 1.30. The van der Waals surface area contributed by atoms with Gasteiger partial charge in [-0.15, -0.1) is 4.91 Å². The molecule has 0 aliphatic carbocycles. The summed E-state index contributed by atoms with van der Waals surface area (Å²) >= 11 is 0. The summed E-state index contributed by atoms with van der Waals surface area (Å²) in [5, 5.41) is 4.41. The number of allylic oxidation sites excluding steroid dienone is 1. The van der Waals surface area contributed by atoms with Gasteiger partial charge in [-0.2, -0.15) is 0 Å². The quantitative estimate of drug-likeness (QED) is 0.515. The maximum absolute atomic E-state index is 10.1. The molecule has 0 aromatic heterocycles. The number of aliphatic imine (C=N–C) groups is 1. The molecule has 2 N–H and O–H groups in total. The van der Waals surface area contributed by atoms with Gasteiger partial charge in [0.2, 0.25) is 0 Å². The number of nitrogens with two attached hydrogens (primary N) is 1. The SMILES string of the molecule is NC=CC=NC1CCN(N=O)CC1. The molecular formula is C8H14N4O. The summed E-state index contributed by atoms with van der Waals surface area (Å²) in [4.78, 5) is 14.4. The van der Waals surface area contributed by atoms with Crippen molar-refractivity contribution in [2.75, 3.05) is 13.1 Å². The van der Waals surface area contributed by atoms with E-state index in [-0.39, 0.29) is 0 Å². The molecule has 0 unspecified atom stereocenters. The van der Waals surface area contributed by atoms with Crippen molar-refractivity contribution in [1.29, 1.82) is 0 Å². The highest BCUT2D eigenvalue weighted by Crippen LogP contribution is 2.12. The van der Waals surface area contributed by atoms with Crippen molar-refractivity contribution in [1.82, 2.24) is 5.01 Å². The second kappa shape index (κ2) is 5.29. The van der Waals surface area contributed by atoms with Crippen LogP contribution in [0.3, 0.4) is 0 Å². The Hall–Kier alpha value is -1.39. The summed E-state index contributed by atoms with van der Waals surface area (Å²) in [6, 6.07) is 0.314. The van der Waals surface area contributed by atoms with E-state index in [0.29, 0.717) is 19.1 Å². The Kier molecular flexibility index (Phi) is 3.95. The largest absolute Gasteiger partial charge is 0.405 e. The minimum Gasteiger partial charge on any atom is -0.405 e. The smallest absolute Gasteiger partial charge is 0.0534 e. The lowest BCUT2D eigenvalue weighted by atomic mass is 10.1. The van der Waals surface area contributed by atoms with Crippen molar-refractivity contribution in [2.24, 2.45) is 16.0 Å². The van der Waals surface area contributed by atoms with E-state index in [4.69, 9.17) is 5.73 Å². The van der Waals surface area contributed by atoms with E-state index < -0.39 is 0 Å². The molecule has 0 radical (unpaired) electrons.